The maximum absolute atomic E-state index is 5.66. The standard InChI is InChI=1S/C18H23N5O/c1-6-24-18-13(8-7-9-20-18)14-10-15(19-5)17-16(21-14)12(4)22-23(17)11(2)3/h7-11H,6H2,1-5H3,(H,19,21). The van der Waals surface area contributed by atoms with Crippen LogP contribution in [-0.4, -0.2) is 33.4 Å². The van der Waals surface area contributed by atoms with Gasteiger partial charge in [-0.3, -0.25) is 4.68 Å². The molecule has 0 bridgehead atoms. The average molecular weight is 325 g/mol. The molecule has 0 radical (unpaired) electrons. The van der Waals surface area contributed by atoms with E-state index in [1.54, 1.807) is 6.20 Å². The topological polar surface area (TPSA) is 64.9 Å². The van der Waals surface area contributed by atoms with Gasteiger partial charge in [-0.05, 0) is 45.9 Å². The number of anilines is 1. The van der Waals surface area contributed by atoms with Crippen molar-refractivity contribution in [1.82, 2.24) is 19.7 Å². The highest BCUT2D eigenvalue weighted by Crippen LogP contribution is 2.34. The van der Waals surface area contributed by atoms with Gasteiger partial charge in [0.2, 0.25) is 5.88 Å². The molecular weight excluding hydrogens is 302 g/mol. The lowest BCUT2D eigenvalue weighted by Gasteiger charge is -2.13. The molecule has 0 saturated carbocycles. The first-order chi connectivity index (χ1) is 11.6. The van der Waals surface area contributed by atoms with Crippen LogP contribution >= 0.6 is 0 Å². The Morgan fingerprint density at radius 1 is 1.33 bits per heavy atom. The molecule has 0 spiro atoms. The molecule has 1 N–H and O–H groups in total. The summed E-state index contributed by atoms with van der Waals surface area (Å²) in [5.41, 5.74) is 5.55. The number of nitrogens with zero attached hydrogens (tertiary/aromatic N) is 4. The molecule has 0 aliphatic rings. The van der Waals surface area contributed by atoms with Gasteiger partial charge in [0.1, 0.15) is 11.0 Å². The summed E-state index contributed by atoms with van der Waals surface area (Å²) in [7, 11) is 1.91. The summed E-state index contributed by atoms with van der Waals surface area (Å²) < 4.78 is 7.67. The monoisotopic (exact) mass is 325 g/mol. The fourth-order valence-corrected chi connectivity index (χ4v) is 2.82. The van der Waals surface area contributed by atoms with E-state index < -0.39 is 0 Å². The third kappa shape index (κ3) is 2.68. The van der Waals surface area contributed by atoms with Crippen molar-refractivity contribution in [3.05, 3.63) is 30.1 Å². The third-order valence-electron chi connectivity index (χ3n) is 3.91. The first-order valence-corrected chi connectivity index (χ1v) is 8.22. The minimum atomic E-state index is 0.262. The summed E-state index contributed by atoms with van der Waals surface area (Å²) in [5.74, 6) is 0.600. The van der Waals surface area contributed by atoms with Crippen molar-refractivity contribution in [2.75, 3.05) is 19.0 Å². The van der Waals surface area contributed by atoms with Crippen LogP contribution in [-0.2, 0) is 0 Å². The normalized spacial score (nSPS) is 11.2. The van der Waals surface area contributed by atoms with Gasteiger partial charge >= 0.3 is 0 Å². The highest BCUT2D eigenvalue weighted by molar-refractivity contribution is 5.93. The van der Waals surface area contributed by atoms with E-state index in [2.05, 4.69) is 29.2 Å². The zero-order valence-electron chi connectivity index (χ0n) is 14.8. The Morgan fingerprint density at radius 2 is 2.12 bits per heavy atom. The van der Waals surface area contributed by atoms with Crippen LogP contribution in [0.4, 0.5) is 5.69 Å². The molecule has 3 aromatic rings. The van der Waals surface area contributed by atoms with Crippen LogP contribution in [0.25, 0.3) is 22.3 Å². The van der Waals surface area contributed by atoms with Crippen molar-refractivity contribution in [2.24, 2.45) is 0 Å². The zero-order valence-corrected chi connectivity index (χ0v) is 14.8. The fourth-order valence-electron chi connectivity index (χ4n) is 2.82. The van der Waals surface area contributed by atoms with Crippen LogP contribution in [0, 0.1) is 6.92 Å². The van der Waals surface area contributed by atoms with Gasteiger partial charge in [0.15, 0.2) is 0 Å². The first kappa shape index (κ1) is 16.2. The minimum Gasteiger partial charge on any atom is -0.477 e. The Kier molecular flexibility index (Phi) is 4.38. The lowest BCUT2D eigenvalue weighted by atomic mass is 10.1. The highest BCUT2D eigenvalue weighted by atomic mass is 16.5. The van der Waals surface area contributed by atoms with Crippen LogP contribution in [0.3, 0.4) is 0 Å². The van der Waals surface area contributed by atoms with E-state index in [1.165, 1.54) is 0 Å². The third-order valence-corrected chi connectivity index (χ3v) is 3.91. The average Bonchev–Trinajstić information content (AvgIpc) is 2.92. The predicted octanol–water partition coefficient (Wildman–Crippen LogP) is 3.82. The summed E-state index contributed by atoms with van der Waals surface area (Å²) in [6.45, 7) is 8.74. The van der Waals surface area contributed by atoms with Crippen molar-refractivity contribution < 1.29 is 4.74 Å². The quantitative estimate of drug-likeness (QED) is 0.772. The number of nitrogens with one attached hydrogen (secondary N) is 1. The summed E-state index contributed by atoms with van der Waals surface area (Å²) in [6, 6.07) is 6.17. The molecule has 3 aromatic heterocycles. The number of hydrogen-bond acceptors (Lipinski definition) is 5. The summed E-state index contributed by atoms with van der Waals surface area (Å²) in [5, 5.41) is 7.94. The van der Waals surface area contributed by atoms with E-state index in [0.29, 0.717) is 12.5 Å². The van der Waals surface area contributed by atoms with Crippen molar-refractivity contribution >= 4 is 16.7 Å². The summed E-state index contributed by atoms with van der Waals surface area (Å²) in [4.78, 5) is 9.19. The summed E-state index contributed by atoms with van der Waals surface area (Å²) >= 11 is 0. The number of aryl methyl sites for hydroxylation is 1. The molecule has 6 heteroatoms. The van der Waals surface area contributed by atoms with Gasteiger partial charge < -0.3 is 10.1 Å². The largest absolute Gasteiger partial charge is 0.477 e. The first-order valence-electron chi connectivity index (χ1n) is 8.22. The Bertz CT molecular complexity index is 869. The van der Waals surface area contributed by atoms with E-state index in [-0.39, 0.29) is 6.04 Å². The number of aromatic nitrogens is 4. The molecule has 0 saturated heterocycles. The van der Waals surface area contributed by atoms with Crippen LogP contribution < -0.4 is 10.1 Å². The number of pyridine rings is 2. The molecule has 3 rings (SSSR count). The Morgan fingerprint density at radius 3 is 2.79 bits per heavy atom. The molecule has 6 nitrogen and oxygen atoms in total. The van der Waals surface area contributed by atoms with Gasteiger partial charge in [0.05, 0.1) is 29.2 Å². The molecule has 0 atom stereocenters. The van der Waals surface area contributed by atoms with Gasteiger partial charge in [0, 0.05) is 19.3 Å². The van der Waals surface area contributed by atoms with E-state index in [4.69, 9.17) is 9.72 Å². The fraction of sp³-hybridized carbons (Fsp3) is 0.389. The van der Waals surface area contributed by atoms with E-state index in [0.717, 1.165) is 33.7 Å². The van der Waals surface area contributed by atoms with Gasteiger partial charge in [-0.2, -0.15) is 5.10 Å². The Balaban J connectivity index is 2.27. The molecule has 0 aliphatic heterocycles. The van der Waals surface area contributed by atoms with E-state index >= 15 is 0 Å². The zero-order chi connectivity index (χ0) is 17.3. The highest BCUT2D eigenvalue weighted by Gasteiger charge is 2.18. The van der Waals surface area contributed by atoms with Gasteiger partial charge in [-0.25, -0.2) is 9.97 Å². The number of rotatable bonds is 5. The second-order valence-corrected chi connectivity index (χ2v) is 5.92. The molecule has 3 heterocycles. The summed E-state index contributed by atoms with van der Waals surface area (Å²) in [6.07, 6.45) is 1.73. The lowest BCUT2D eigenvalue weighted by Crippen LogP contribution is -2.05. The second-order valence-electron chi connectivity index (χ2n) is 5.92. The van der Waals surface area contributed by atoms with Gasteiger partial charge in [0.25, 0.3) is 0 Å². The van der Waals surface area contributed by atoms with Crippen LogP contribution in [0.15, 0.2) is 24.4 Å². The van der Waals surface area contributed by atoms with Crippen LogP contribution in [0.1, 0.15) is 32.5 Å². The molecule has 0 fully saturated rings. The van der Waals surface area contributed by atoms with Crippen molar-refractivity contribution in [3.63, 3.8) is 0 Å². The molecule has 0 unspecified atom stereocenters. The molecule has 0 amide bonds. The smallest absolute Gasteiger partial charge is 0.222 e. The van der Waals surface area contributed by atoms with Gasteiger partial charge in [-0.15, -0.1) is 0 Å². The molecular formula is C18H23N5O. The number of hydrogen-bond donors (Lipinski definition) is 1. The van der Waals surface area contributed by atoms with E-state index in [1.807, 2.05) is 43.8 Å². The molecule has 0 aromatic carbocycles. The van der Waals surface area contributed by atoms with Crippen molar-refractivity contribution in [3.8, 4) is 17.1 Å². The second kappa shape index (κ2) is 6.47. The molecule has 24 heavy (non-hydrogen) atoms. The maximum atomic E-state index is 5.66. The van der Waals surface area contributed by atoms with Crippen LogP contribution in [0.5, 0.6) is 5.88 Å². The number of ether oxygens (including phenoxy) is 1. The molecule has 126 valence electrons. The van der Waals surface area contributed by atoms with Gasteiger partial charge in [-0.1, -0.05) is 0 Å². The van der Waals surface area contributed by atoms with Crippen molar-refractivity contribution in [2.45, 2.75) is 33.7 Å². The lowest BCUT2D eigenvalue weighted by molar-refractivity contribution is 0.328. The van der Waals surface area contributed by atoms with Crippen molar-refractivity contribution in [1.29, 1.82) is 0 Å². The Hall–Kier alpha value is -2.63. The minimum absolute atomic E-state index is 0.262. The number of fused-ring (bicyclic) bond motifs is 1. The van der Waals surface area contributed by atoms with Crippen LogP contribution in [0.2, 0.25) is 0 Å². The van der Waals surface area contributed by atoms with E-state index in [9.17, 15) is 0 Å². The SMILES string of the molecule is CCOc1ncccc1-c1cc(NC)c2c(n1)c(C)nn2C(C)C. The predicted molar refractivity (Wildman–Crippen MR) is 96.6 cm³/mol. The Labute approximate surface area is 141 Å². The maximum Gasteiger partial charge on any atom is 0.222 e. The molecule has 0 aliphatic carbocycles.